The zero-order valence-corrected chi connectivity index (χ0v) is 14.1. The summed E-state index contributed by atoms with van der Waals surface area (Å²) in [4.78, 5) is 0. The lowest BCUT2D eigenvalue weighted by Gasteiger charge is -2.28. The minimum atomic E-state index is -3.52. The Bertz CT molecular complexity index is 818. The normalized spacial score (nSPS) is 17.3. The van der Waals surface area contributed by atoms with E-state index in [1.807, 2.05) is 54.6 Å². The lowest BCUT2D eigenvalue weighted by atomic mass is 10.2. The van der Waals surface area contributed by atoms with Crippen molar-refractivity contribution < 1.29 is 17.9 Å². The number of benzene rings is 2. The van der Waals surface area contributed by atoms with E-state index in [0.29, 0.717) is 18.1 Å². The minimum absolute atomic E-state index is 0.218. The number of para-hydroxylation sites is 2. The van der Waals surface area contributed by atoms with Crippen LogP contribution in [0.25, 0.3) is 6.08 Å². The smallest absolute Gasteiger partial charge is 0.236 e. The molecule has 1 unspecified atom stereocenters. The minimum Gasteiger partial charge on any atom is -0.486 e. The fourth-order valence-electron chi connectivity index (χ4n) is 2.38. The Morgan fingerprint density at radius 2 is 1.75 bits per heavy atom. The van der Waals surface area contributed by atoms with Gasteiger partial charge in [-0.05, 0) is 23.8 Å². The average molecular weight is 345 g/mol. The second kappa shape index (κ2) is 7.07. The number of sulfonamides is 1. The second-order valence-electron chi connectivity index (χ2n) is 5.54. The van der Waals surface area contributed by atoms with Gasteiger partial charge < -0.3 is 9.47 Å². The maximum absolute atomic E-state index is 12.4. The van der Waals surface area contributed by atoms with Crippen molar-refractivity contribution in [1.29, 1.82) is 0 Å². The van der Waals surface area contributed by atoms with Crippen LogP contribution in [0.3, 0.4) is 0 Å². The van der Waals surface area contributed by atoms with Crippen LogP contribution in [0.4, 0.5) is 0 Å². The molecule has 24 heavy (non-hydrogen) atoms. The molecule has 2 aromatic rings. The summed E-state index contributed by atoms with van der Waals surface area (Å²) in [7, 11) is -1.98. The van der Waals surface area contributed by atoms with Gasteiger partial charge in [0.25, 0.3) is 0 Å². The Kier molecular flexibility index (Phi) is 4.87. The van der Waals surface area contributed by atoms with E-state index in [-0.39, 0.29) is 12.6 Å². The summed E-state index contributed by atoms with van der Waals surface area (Å²) in [6, 6.07) is 16.7. The van der Waals surface area contributed by atoms with Crippen molar-refractivity contribution in [3.63, 3.8) is 0 Å². The van der Waals surface area contributed by atoms with E-state index >= 15 is 0 Å². The first-order valence-corrected chi connectivity index (χ1v) is 9.13. The Balaban J connectivity index is 1.64. The number of likely N-dealkylation sites (N-methyl/N-ethyl adjacent to an activating group) is 1. The van der Waals surface area contributed by atoms with Crippen molar-refractivity contribution in [2.75, 3.05) is 20.2 Å². The maximum Gasteiger partial charge on any atom is 0.236 e. The number of hydrogen-bond acceptors (Lipinski definition) is 4. The Morgan fingerprint density at radius 1 is 1.08 bits per heavy atom. The van der Waals surface area contributed by atoms with Gasteiger partial charge in [0.2, 0.25) is 10.0 Å². The third-order valence-corrected chi connectivity index (χ3v) is 5.19. The van der Waals surface area contributed by atoms with Crippen LogP contribution >= 0.6 is 0 Å². The van der Waals surface area contributed by atoms with E-state index in [1.165, 1.54) is 16.8 Å². The number of rotatable bonds is 5. The summed E-state index contributed by atoms with van der Waals surface area (Å²) in [5, 5.41) is 1.21. The standard InChI is InChI=1S/C18H19NO4S/c1-19(24(20,21)12-11-15-7-3-2-4-8-15)13-16-14-22-17-9-5-6-10-18(17)23-16/h2-12,16H,13-14H2,1H3. The van der Waals surface area contributed by atoms with Gasteiger partial charge in [0.15, 0.2) is 11.5 Å². The first kappa shape index (κ1) is 16.5. The molecule has 0 fully saturated rings. The van der Waals surface area contributed by atoms with E-state index in [1.54, 1.807) is 6.08 Å². The molecule has 0 saturated carbocycles. The predicted molar refractivity (Wildman–Crippen MR) is 93.4 cm³/mol. The summed E-state index contributed by atoms with van der Waals surface area (Å²) < 4.78 is 37.4. The molecule has 0 saturated heterocycles. The first-order valence-electron chi connectivity index (χ1n) is 7.62. The van der Waals surface area contributed by atoms with Crippen LogP contribution in [0.2, 0.25) is 0 Å². The molecule has 2 aromatic carbocycles. The summed E-state index contributed by atoms with van der Waals surface area (Å²) in [5.41, 5.74) is 0.834. The highest BCUT2D eigenvalue weighted by atomic mass is 32.2. The van der Waals surface area contributed by atoms with Crippen LogP contribution in [-0.4, -0.2) is 39.0 Å². The average Bonchev–Trinajstić information content (AvgIpc) is 2.61. The topological polar surface area (TPSA) is 55.8 Å². The van der Waals surface area contributed by atoms with Gasteiger partial charge in [0, 0.05) is 12.5 Å². The van der Waals surface area contributed by atoms with Crippen LogP contribution in [0, 0.1) is 0 Å². The zero-order chi connectivity index (χ0) is 17.0. The summed E-state index contributed by atoms with van der Waals surface area (Å²) in [5.74, 6) is 1.32. The summed E-state index contributed by atoms with van der Waals surface area (Å²) >= 11 is 0. The zero-order valence-electron chi connectivity index (χ0n) is 13.3. The molecule has 1 aliphatic rings. The molecule has 6 heteroatoms. The van der Waals surface area contributed by atoms with Gasteiger partial charge in [-0.2, -0.15) is 4.31 Å². The molecule has 0 aliphatic carbocycles. The molecule has 0 radical (unpaired) electrons. The second-order valence-corrected chi connectivity index (χ2v) is 7.46. The number of fused-ring (bicyclic) bond motifs is 1. The first-order chi connectivity index (χ1) is 11.5. The molecule has 3 rings (SSSR count). The van der Waals surface area contributed by atoms with Crippen molar-refractivity contribution in [3.05, 3.63) is 65.6 Å². The molecular formula is C18H19NO4S. The molecule has 5 nitrogen and oxygen atoms in total. The molecule has 0 aromatic heterocycles. The number of hydrogen-bond donors (Lipinski definition) is 0. The molecule has 1 heterocycles. The van der Waals surface area contributed by atoms with Crippen molar-refractivity contribution >= 4 is 16.1 Å². The van der Waals surface area contributed by atoms with Gasteiger partial charge in [-0.15, -0.1) is 0 Å². The van der Waals surface area contributed by atoms with Crippen molar-refractivity contribution in [1.82, 2.24) is 4.31 Å². The van der Waals surface area contributed by atoms with Crippen LogP contribution in [0.5, 0.6) is 11.5 Å². The molecule has 0 amide bonds. The van der Waals surface area contributed by atoms with E-state index in [4.69, 9.17) is 9.47 Å². The monoisotopic (exact) mass is 345 g/mol. The van der Waals surface area contributed by atoms with Crippen molar-refractivity contribution in [2.24, 2.45) is 0 Å². The van der Waals surface area contributed by atoms with Gasteiger partial charge in [-0.1, -0.05) is 42.5 Å². The third-order valence-electron chi connectivity index (χ3n) is 3.69. The van der Waals surface area contributed by atoms with Crippen molar-refractivity contribution in [3.8, 4) is 11.5 Å². The van der Waals surface area contributed by atoms with Gasteiger partial charge in [-0.3, -0.25) is 0 Å². The van der Waals surface area contributed by atoms with Crippen LogP contribution in [0.1, 0.15) is 5.56 Å². The van der Waals surface area contributed by atoms with Gasteiger partial charge in [0.05, 0.1) is 6.54 Å². The molecule has 1 atom stereocenters. The lowest BCUT2D eigenvalue weighted by Crippen LogP contribution is -2.41. The van der Waals surface area contributed by atoms with E-state index in [0.717, 1.165) is 5.56 Å². The molecular weight excluding hydrogens is 326 g/mol. The molecule has 1 aliphatic heterocycles. The highest BCUT2D eigenvalue weighted by Crippen LogP contribution is 2.31. The number of ether oxygens (including phenoxy) is 2. The van der Waals surface area contributed by atoms with Gasteiger partial charge >= 0.3 is 0 Å². The Hall–Kier alpha value is -2.31. The van der Waals surface area contributed by atoms with Gasteiger partial charge in [-0.25, -0.2) is 8.42 Å². The van der Waals surface area contributed by atoms with E-state index in [2.05, 4.69) is 0 Å². The Morgan fingerprint density at radius 3 is 2.50 bits per heavy atom. The van der Waals surface area contributed by atoms with Crippen LogP contribution in [0.15, 0.2) is 60.0 Å². The largest absolute Gasteiger partial charge is 0.486 e. The SMILES string of the molecule is CN(CC1COc2ccccc2O1)S(=O)(=O)C=Cc1ccccc1. The third kappa shape index (κ3) is 3.96. The highest BCUT2D eigenvalue weighted by Gasteiger charge is 2.25. The van der Waals surface area contributed by atoms with Gasteiger partial charge in [0.1, 0.15) is 12.7 Å². The van der Waals surface area contributed by atoms with E-state index in [9.17, 15) is 8.42 Å². The highest BCUT2D eigenvalue weighted by molar-refractivity contribution is 7.92. The Labute approximate surface area is 142 Å². The quantitative estimate of drug-likeness (QED) is 0.836. The molecule has 0 N–H and O–H groups in total. The fraction of sp³-hybridized carbons (Fsp3) is 0.222. The van der Waals surface area contributed by atoms with Crippen LogP contribution in [-0.2, 0) is 10.0 Å². The summed E-state index contributed by atoms with van der Waals surface area (Å²) in [6.45, 7) is 0.537. The number of nitrogens with zero attached hydrogens (tertiary/aromatic N) is 1. The maximum atomic E-state index is 12.4. The molecule has 0 bridgehead atoms. The van der Waals surface area contributed by atoms with E-state index < -0.39 is 10.0 Å². The molecule has 126 valence electrons. The van der Waals surface area contributed by atoms with Crippen LogP contribution < -0.4 is 9.47 Å². The molecule has 0 spiro atoms. The van der Waals surface area contributed by atoms with Crippen molar-refractivity contribution in [2.45, 2.75) is 6.10 Å². The lowest BCUT2D eigenvalue weighted by molar-refractivity contribution is 0.0800. The fourth-order valence-corrected chi connectivity index (χ4v) is 3.29. The summed E-state index contributed by atoms with van der Waals surface area (Å²) in [6.07, 6.45) is 1.24. The predicted octanol–water partition coefficient (Wildman–Crippen LogP) is 2.76.